The van der Waals surface area contributed by atoms with E-state index in [0.29, 0.717) is 5.92 Å². The van der Waals surface area contributed by atoms with Crippen molar-refractivity contribution in [2.45, 2.75) is 38.6 Å². The summed E-state index contributed by atoms with van der Waals surface area (Å²) in [5.41, 5.74) is -0.404. The zero-order valence-corrected chi connectivity index (χ0v) is 10.3. The molecule has 0 radical (unpaired) electrons. The van der Waals surface area contributed by atoms with Crippen molar-refractivity contribution in [1.29, 1.82) is 0 Å². The second-order valence-corrected chi connectivity index (χ2v) is 4.85. The van der Waals surface area contributed by atoms with Gasteiger partial charge < -0.3 is 10.3 Å². The average molecular weight is 251 g/mol. The zero-order valence-electron chi connectivity index (χ0n) is 10.3. The van der Waals surface area contributed by atoms with Gasteiger partial charge in [-0.15, -0.1) is 0 Å². The molecule has 6 nitrogen and oxygen atoms in total. The van der Waals surface area contributed by atoms with Crippen molar-refractivity contribution in [3.8, 4) is 0 Å². The van der Waals surface area contributed by atoms with Gasteiger partial charge in [0, 0.05) is 18.2 Å². The fourth-order valence-electron chi connectivity index (χ4n) is 2.45. The maximum absolute atomic E-state index is 11.3. The third-order valence-electron chi connectivity index (χ3n) is 3.53. The molecule has 0 aliphatic heterocycles. The molecule has 0 amide bonds. The second kappa shape index (κ2) is 5.20. The molecule has 0 bridgehead atoms. The Labute approximate surface area is 105 Å². The molecule has 1 heterocycles. The summed E-state index contributed by atoms with van der Waals surface area (Å²) in [6.07, 6.45) is 4.41. The highest BCUT2D eigenvalue weighted by molar-refractivity contribution is 5.55. The molecule has 0 aromatic carbocycles. The highest BCUT2D eigenvalue weighted by Crippen LogP contribution is 2.28. The highest BCUT2D eigenvalue weighted by atomic mass is 16.6. The van der Waals surface area contributed by atoms with Crippen LogP contribution in [0, 0.1) is 16.0 Å². The van der Waals surface area contributed by atoms with Crippen LogP contribution in [-0.2, 0) is 0 Å². The molecule has 1 aromatic rings. The smallest absolute Gasteiger partial charge is 0.309 e. The predicted octanol–water partition coefficient (Wildman–Crippen LogP) is 2.27. The summed E-state index contributed by atoms with van der Waals surface area (Å²) in [6.45, 7) is 2.13. The second-order valence-electron chi connectivity index (χ2n) is 4.85. The number of hydrogen-bond donors (Lipinski definition) is 2. The van der Waals surface area contributed by atoms with Crippen molar-refractivity contribution >= 4 is 11.5 Å². The van der Waals surface area contributed by atoms with Crippen molar-refractivity contribution in [2.75, 3.05) is 5.32 Å². The van der Waals surface area contributed by atoms with E-state index in [2.05, 4.69) is 17.2 Å². The molecule has 1 saturated carbocycles. The van der Waals surface area contributed by atoms with Crippen molar-refractivity contribution < 1.29 is 4.92 Å². The molecule has 1 aliphatic rings. The third kappa shape index (κ3) is 2.69. The molecule has 1 aliphatic carbocycles. The molecule has 2 atom stereocenters. The van der Waals surface area contributed by atoms with E-state index in [0.717, 1.165) is 19.3 Å². The summed E-state index contributed by atoms with van der Waals surface area (Å²) in [4.78, 5) is 24.2. The first-order chi connectivity index (χ1) is 8.58. The molecule has 6 heteroatoms. The van der Waals surface area contributed by atoms with Crippen molar-refractivity contribution in [3.63, 3.8) is 0 Å². The summed E-state index contributed by atoms with van der Waals surface area (Å²) in [6, 6.07) is 2.61. The summed E-state index contributed by atoms with van der Waals surface area (Å²) in [5.74, 6) is 0.688. The molecule has 1 aromatic heterocycles. The van der Waals surface area contributed by atoms with E-state index in [1.54, 1.807) is 0 Å². The monoisotopic (exact) mass is 251 g/mol. The van der Waals surface area contributed by atoms with Crippen LogP contribution in [0.25, 0.3) is 0 Å². The van der Waals surface area contributed by atoms with Crippen LogP contribution in [0.2, 0.25) is 0 Å². The molecular weight excluding hydrogens is 234 g/mol. The fraction of sp³-hybridized carbons (Fsp3) is 0.583. The fourth-order valence-corrected chi connectivity index (χ4v) is 2.45. The molecule has 1 fully saturated rings. The van der Waals surface area contributed by atoms with Gasteiger partial charge in [0.05, 0.1) is 4.92 Å². The molecule has 2 N–H and O–H groups in total. The van der Waals surface area contributed by atoms with Crippen LogP contribution in [0.4, 0.5) is 11.5 Å². The normalized spacial score (nSPS) is 23.6. The number of nitro groups is 1. The first-order valence-corrected chi connectivity index (χ1v) is 6.22. The summed E-state index contributed by atoms with van der Waals surface area (Å²) in [7, 11) is 0. The maximum Gasteiger partial charge on any atom is 0.309 e. The largest absolute Gasteiger partial charge is 0.363 e. The van der Waals surface area contributed by atoms with Crippen molar-refractivity contribution in [3.05, 3.63) is 32.6 Å². The first kappa shape index (κ1) is 12.6. The predicted molar refractivity (Wildman–Crippen MR) is 68.8 cm³/mol. The van der Waals surface area contributed by atoms with E-state index in [4.69, 9.17) is 0 Å². The highest BCUT2D eigenvalue weighted by Gasteiger charge is 2.24. The van der Waals surface area contributed by atoms with Gasteiger partial charge in [-0.25, -0.2) is 0 Å². The van der Waals surface area contributed by atoms with Gasteiger partial charge in [0.25, 0.3) is 0 Å². The van der Waals surface area contributed by atoms with Gasteiger partial charge >= 0.3 is 5.69 Å². The topological polar surface area (TPSA) is 88.0 Å². The van der Waals surface area contributed by atoms with Gasteiger partial charge in [-0.3, -0.25) is 14.9 Å². The van der Waals surface area contributed by atoms with Crippen LogP contribution in [0.5, 0.6) is 0 Å². The number of nitrogens with one attached hydrogen (secondary N) is 2. The van der Waals surface area contributed by atoms with E-state index < -0.39 is 4.92 Å². The molecule has 18 heavy (non-hydrogen) atoms. The van der Waals surface area contributed by atoms with E-state index in [-0.39, 0.29) is 23.1 Å². The van der Waals surface area contributed by atoms with Crippen LogP contribution in [0.15, 0.2) is 16.9 Å². The number of anilines is 1. The Morgan fingerprint density at radius 1 is 1.39 bits per heavy atom. The van der Waals surface area contributed by atoms with Crippen LogP contribution in [-0.4, -0.2) is 15.9 Å². The minimum atomic E-state index is -0.480. The number of aromatic nitrogens is 1. The number of rotatable bonds is 3. The van der Waals surface area contributed by atoms with Crippen LogP contribution in [0.1, 0.15) is 32.6 Å². The van der Waals surface area contributed by atoms with E-state index in [9.17, 15) is 14.9 Å². The lowest BCUT2D eigenvalue weighted by Gasteiger charge is -2.29. The molecule has 0 spiro atoms. The Balaban J connectivity index is 2.24. The van der Waals surface area contributed by atoms with Crippen LogP contribution >= 0.6 is 0 Å². The Morgan fingerprint density at radius 2 is 2.11 bits per heavy atom. The Hall–Kier alpha value is -1.85. The molecule has 0 unspecified atom stereocenters. The summed E-state index contributed by atoms with van der Waals surface area (Å²) >= 11 is 0. The minimum absolute atomic E-state index is 0.0765. The van der Waals surface area contributed by atoms with Gasteiger partial charge in [0.2, 0.25) is 5.56 Å². The lowest BCUT2D eigenvalue weighted by Crippen LogP contribution is -2.31. The Kier molecular flexibility index (Phi) is 3.64. The van der Waals surface area contributed by atoms with Crippen molar-refractivity contribution in [2.24, 2.45) is 5.92 Å². The van der Waals surface area contributed by atoms with Gasteiger partial charge in [-0.1, -0.05) is 19.8 Å². The quantitative estimate of drug-likeness (QED) is 0.637. The Morgan fingerprint density at radius 3 is 2.78 bits per heavy atom. The zero-order chi connectivity index (χ0) is 13.1. The molecular formula is C12H17N3O3. The van der Waals surface area contributed by atoms with E-state index in [1.165, 1.54) is 18.6 Å². The molecule has 98 valence electrons. The SMILES string of the molecule is C[C@H]1CCCC[C@H]1Nc1[nH]c(=O)ccc1[N+](=O)[O-]. The van der Waals surface area contributed by atoms with E-state index >= 15 is 0 Å². The van der Waals surface area contributed by atoms with Crippen molar-refractivity contribution in [1.82, 2.24) is 4.98 Å². The maximum atomic E-state index is 11.3. The Bertz CT molecular complexity index is 498. The number of nitrogens with zero attached hydrogens (tertiary/aromatic N) is 1. The minimum Gasteiger partial charge on any atom is -0.363 e. The summed E-state index contributed by atoms with van der Waals surface area (Å²) < 4.78 is 0. The van der Waals surface area contributed by atoms with Gasteiger partial charge in [-0.05, 0) is 18.8 Å². The van der Waals surface area contributed by atoms with Gasteiger partial charge in [-0.2, -0.15) is 0 Å². The number of H-pyrrole nitrogens is 1. The van der Waals surface area contributed by atoms with E-state index in [1.807, 2.05) is 0 Å². The van der Waals surface area contributed by atoms with Crippen LogP contribution < -0.4 is 10.9 Å². The number of pyridine rings is 1. The lowest BCUT2D eigenvalue weighted by molar-refractivity contribution is -0.384. The number of hydrogen-bond acceptors (Lipinski definition) is 4. The average Bonchev–Trinajstić information content (AvgIpc) is 2.32. The molecule has 2 rings (SSSR count). The lowest BCUT2D eigenvalue weighted by atomic mass is 9.86. The first-order valence-electron chi connectivity index (χ1n) is 6.22. The van der Waals surface area contributed by atoms with Gasteiger partial charge in [0.1, 0.15) is 0 Å². The number of aromatic amines is 1. The summed E-state index contributed by atoms with van der Waals surface area (Å²) in [5, 5.41) is 14.0. The van der Waals surface area contributed by atoms with Crippen LogP contribution in [0.3, 0.4) is 0 Å². The molecule has 0 saturated heterocycles. The standard InChI is InChI=1S/C12H17N3O3/c1-8-4-2-3-5-9(8)13-12-10(15(17)18)6-7-11(16)14-12/h6-9H,2-5H2,1H3,(H2,13,14,16)/t8-,9+/m0/s1. The third-order valence-corrected chi connectivity index (χ3v) is 3.53. The van der Waals surface area contributed by atoms with Gasteiger partial charge in [0.15, 0.2) is 5.82 Å².